The van der Waals surface area contributed by atoms with E-state index in [1.807, 2.05) is 48.5 Å². The second-order valence-electron chi connectivity index (χ2n) is 18.2. The third kappa shape index (κ3) is 6.47. The van der Waals surface area contributed by atoms with E-state index >= 15 is 0 Å². The summed E-state index contributed by atoms with van der Waals surface area (Å²) in [6, 6.07) is 83.1. The number of nitrogens with zero attached hydrogens (tertiary/aromatic N) is 7. The maximum Gasteiger partial charge on any atom is 0.187 e. The number of hydrogen-bond acceptors (Lipinski definition) is 3. The Balaban J connectivity index is 1.24. The molecule has 14 rings (SSSR count). The Hall–Kier alpha value is -9.90. The molecular formula is C65H41N7. The highest BCUT2D eigenvalue weighted by Crippen LogP contribution is 2.47. The Morgan fingerprint density at radius 1 is 0.361 bits per heavy atom. The Kier molecular flexibility index (Phi) is 9.51. The van der Waals surface area contributed by atoms with E-state index < -0.39 is 0 Å². The van der Waals surface area contributed by atoms with Gasteiger partial charge in [-0.05, 0) is 53.6 Å². The highest BCUT2D eigenvalue weighted by Gasteiger charge is 2.30. The van der Waals surface area contributed by atoms with Crippen LogP contribution < -0.4 is 0 Å². The summed E-state index contributed by atoms with van der Waals surface area (Å²) in [4.78, 5) is 20.1. The predicted octanol–water partition coefficient (Wildman–Crippen LogP) is 16.4. The smallest absolute Gasteiger partial charge is 0.187 e. The summed E-state index contributed by atoms with van der Waals surface area (Å²) in [5.41, 5.74) is 14.7. The first-order chi connectivity index (χ1) is 35.7. The molecular weight excluding hydrogens is 879 g/mol. The second-order valence-corrected chi connectivity index (χ2v) is 18.2. The molecule has 336 valence electrons. The summed E-state index contributed by atoms with van der Waals surface area (Å²) in [5, 5.41) is 7.01. The van der Waals surface area contributed by atoms with Crippen LogP contribution in [0.5, 0.6) is 0 Å². The van der Waals surface area contributed by atoms with Crippen molar-refractivity contribution in [2.24, 2.45) is 0 Å². The van der Waals surface area contributed by atoms with Gasteiger partial charge in [0.15, 0.2) is 23.2 Å². The van der Waals surface area contributed by atoms with E-state index in [1.165, 1.54) is 10.8 Å². The maximum absolute atomic E-state index is 8.04. The van der Waals surface area contributed by atoms with E-state index in [9.17, 15) is 0 Å². The van der Waals surface area contributed by atoms with Crippen molar-refractivity contribution in [3.8, 4) is 56.7 Å². The van der Waals surface area contributed by atoms with Crippen molar-refractivity contribution in [2.45, 2.75) is 6.54 Å². The number of fused-ring (bicyclic) bond motifs is 9. The highest BCUT2D eigenvalue weighted by molar-refractivity contribution is 6.13. The molecule has 0 aliphatic carbocycles. The molecule has 0 amide bonds. The van der Waals surface area contributed by atoms with E-state index in [4.69, 9.17) is 21.5 Å². The van der Waals surface area contributed by atoms with Gasteiger partial charge in [0.05, 0.1) is 46.6 Å². The van der Waals surface area contributed by atoms with Crippen molar-refractivity contribution in [1.82, 2.24) is 28.7 Å². The topological polar surface area (TPSA) is 57.8 Å². The highest BCUT2D eigenvalue weighted by atomic mass is 15.1. The first kappa shape index (κ1) is 41.1. The van der Waals surface area contributed by atoms with Gasteiger partial charge < -0.3 is 13.7 Å². The standard InChI is InChI=1S/C65H41N7/c1-66-45-38-36-42(37-39-45)61-52(65-68-63(43-20-4-2-5-21-43)67-64(69-65)44-22-6-3-7-23-44)40-60(71-56-32-16-10-26-48(56)49-27-11-17-33-57(49)71)62(72-58-34-18-12-28-50(58)51-29-13-19-35-59(51)72)53(61)41-70-54-30-14-8-24-46(54)47-25-9-15-31-55(47)70/h2-40H,41H2. The van der Waals surface area contributed by atoms with E-state index in [0.29, 0.717) is 29.7 Å². The van der Waals surface area contributed by atoms with Crippen LogP contribution in [0.25, 0.3) is 127 Å². The molecule has 4 heterocycles. The first-order valence-electron chi connectivity index (χ1n) is 24.2. The van der Waals surface area contributed by atoms with Gasteiger partial charge in [0.2, 0.25) is 0 Å². The molecule has 0 saturated carbocycles. The summed E-state index contributed by atoms with van der Waals surface area (Å²) in [7, 11) is 0. The zero-order valence-electron chi connectivity index (χ0n) is 38.9. The van der Waals surface area contributed by atoms with Crippen LogP contribution >= 0.6 is 0 Å². The first-order valence-corrected chi connectivity index (χ1v) is 24.2. The van der Waals surface area contributed by atoms with Crippen LogP contribution in [-0.4, -0.2) is 28.7 Å². The molecule has 0 saturated heterocycles. The van der Waals surface area contributed by atoms with Crippen molar-refractivity contribution in [1.29, 1.82) is 0 Å². The molecule has 0 unspecified atom stereocenters. The summed E-state index contributed by atoms with van der Waals surface area (Å²) < 4.78 is 7.42. The molecule has 72 heavy (non-hydrogen) atoms. The van der Waals surface area contributed by atoms with Crippen molar-refractivity contribution < 1.29 is 0 Å². The average molecular weight is 920 g/mol. The lowest BCUT2D eigenvalue weighted by molar-refractivity contribution is 0.858. The van der Waals surface area contributed by atoms with Crippen molar-refractivity contribution in [3.05, 3.63) is 254 Å². The maximum atomic E-state index is 8.04. The molecule has 7 heteroatoms. The van der Waals surface area contributed by atoms with Crippen LogP contribution in [0, 0.1) is 6.57 Å². The summed E-state index contributed by atoms with van der Waals surface area (Å²) in [6.45, 7) is 8.51. The lowest BCUT2D eigenvalue weighted by Crippen LogP contribution is -2.13. The molecule has 4 aromatic heterocycles. The molecule has 0 atom stereocenters. The third-order valence-electron chi connectivity index (χ3n) is 14.2. The summed E-state index contributed by atoms with van der Waals surface area (Å²) >= 11 is 0. The summed E-state index contributed by atoms with van der Waals surface area (Å²) in [6.07, 6.45) is 0. The molecule has 10 aromatic carbocycles. The van der Waals surface area contributed by atoms with Gasteiger partial charge in [0.25, 0.3) is 0 Å². The van der Waals surface area contributed by atoms with Crippen molar-refractivity contribution in [2.75, 3.05) is 0 Å². The van der Waals surface area contributed by atoms with Gasteiger partial charge in [0, 0.05) is 65.6 Å². The molecule has 0 radical (unpaired) electrons. The van der Waals surface area contributed by atoms with Gasteiger partial charge in [-0.1, -0.05) is 194 Å². The number of benzene rings is 10. The normalized spacial score (nSPS) is 11.7. The number of para-hydroxylation sites is 6. The Morgan fingerprint density at radius 3 is 1.18 bits per heavy atom. The van der Waals surface area contributed by atoms with Crippen LogP contribution in [0.15, 0.2) is 237 Å². The summed E-state index contributed by atoms with van der Waals surface area (Å²) in [5.74, 6) is 1.68. The van der Waals surface area contributed by atoms with Gasteiger partial charge in [0.1, 0.15) is 0 Å². The molecule has 0 aliphatic rings. The van der Waals surface area contributed by atoms with Crippen molar-refractivity contribution >= 4 is 71.1 Å². The zero-order chi connectivity index (χ0) is 47.7. The van der Waals surface area contributed by atoms with E-state index in [0.717, 1.165) is 99.4 Å². The lowest BCUT2D eigenvalue weighted by Gasteiger charge is -2.26. The fourth-order valence-corrected chi connectivity index (χ4v) is 11.1. The minimum Gasteiger partial charge on any atom is -0.336 e. The minimum atomic E-state index is 0.463. The van der Waals surface area contributed by atoms with Gasteiger partial charge in [-0.3, -0.25) is 0 Å². The molecule has 0 spiro atoms. The van der Waals surface area contributed by atoms with E-state index in [-0.39, 0.29) is 0 Å². The quantitative estimate of drug-likeness (QED) is 0.143. The third-order valence-corrected chi connectivity index (χ3v) is 14.2. The Bertz CT molecular complexity index is 4260. The number of rotatable bonds is 8. The monoisotopic (exact) mass is 919 g/mol. The predicted molar refractivity (Wildman–Crippen MR) is 295 cm³/mol. The molecule has 14 aromatic rings. The van der Waals surface area contributed by atoms with Crippen molar-refractivity contribution in [3.63, 3.8) is 0 Å². The fourth-order valence-electron chi connectivity index (χ4n) is 11.1. The fraction of sp³-hybridized carbons (Fsp3) is 0.0154. The van der Waals surface area contributed by atoms with Crippen LogP contribution in [0.3, 0.4) is 0 Å². The molecule has 7 nitrogen and oxygen atoms in total. The Labute approximate surface area is 414 Å². The second kappa shape index (κ2) is 16.7. The zero-order valence-corrected chi connectivity index (χ0v) is 38.9. The largest absolute Gasteiger partial charge is 0.336 e. The lowest BCUT2D eigenvalue weighted by atomic mass is 9.90. The number of aromatic nitrogens is 6. The van der Waals surface area contributed by atoms with Gasteiger partial charge in [-0.25, -0.2) is 19.8 Å². The van der Waals surface area contributed by atoms with Crippen LogP contribution in [0.1, 0.15) is 5.56 Å². The minimum absolute atomic E-state index is 0.463. The van der Waals surface area contributed by atoms with Gasteiger partial charge in [-0.2, -0.15) is 0 Å². The Morgan fingerprint density at radius 2 is 0.736 bits per heavy atom. The molecule has 0 aliphatic heterocycles. The van der Waals surface area contributed by atoms with E-state index in [1.54, 1.807) is 0 Å². The van der Waals surface area contributed by atoms with Crippen LogP contribution in [-0.2, 0) is 6.54 Å². The SMILES string of the molecule is [C-]#[N+]c1ccc(-c2c(-c3nc(-c4ccccc4)nc(-c4ccccc4)n3)cc(-n3c4ccccc4c4ccccc43)c(-n3c4ccccc4c4ccccc43)c2Cn2c3ccccc3c3ccccc32)cc1. The van der Waals surface area contributed by atoms with E-state index in [2.05, 4.69) is 207 Å². The van der Waals surface area contributed by atoms with Crippen LogP contribution in [0.2, 0.25) is 0 Å². The molecule has 0 N–H and O–H groups in total. The van der Waals surface area contributed by atoms with Gasteiger partial charge >= 0.3 is 0 Å². The van der Waals surface area contributed by atoms with Gasteiger partial charge in [-0.15, -0.1) is 0 Å². The molecule has 0 fully saturated rings. The molecule has 0 bridgehead atoms. The average Bonchev–Trinajstić information content (AvgIpc) is 4.09. The van der Waals surface area contributed by atoms with Crippen LogP contribution in [0.4, 0.5) is 5.69 Å². The number of hydrogen-bond donors (Lipinski definition) is 0.